The zero-order valence-corrected chi connectivity index (χ0v) is 24.3. The summed E-state index contributed by atoms with van der Waals surface area (Å²) >= 11 is 0. The molecule has 3 aromatic carbocycles. The maximum atomic E-state index is 11.4. The minimum Gasteiger partial charge on any atom is -0.508 e. The monoisotopic (exact) mass is 574 g/mol. The molecule has 3 aromatic rings. The summed E-state index contributed by atoms with van der Waals surface area (Å²) in [6.07, 6.45) is 8.85. The minimum atomic E-state index is -0.895. The van der Waals surface area contributed by atoms with Crippen LogP contribution in [0.25, 0.3) is 34.4 Å². The minimum absolute atomic E-state index is 0.0742. The first-order valence-corrected chi connectivity index (χ1v) is 13.7. The molecule has 0 atom stereocenters. The van der Waals surface area contributed by atoms with Gasteiger partial charge in [-0.15, -0.1) is 0 Å². The van der Waals surface area contributed by atoms with Gasteiger partial charge in [0.1, 0.15) is 28.6 Å². The van der Waals surface area contributed by atoms with Gasteiger partial charge < -0.3 is 30.3 Å². The van der Waals surface area contributed by atoms with Gasteiger partial charge >= 0.3 is 5.97 Å². The number of aromatic hydroxyl groups is 4. The number of carbonyl (C=O) groups excluding carboxylic acids is 1. The number of carboxylic acids is 1. The Balaban J connectivity index is 1.98. The van der Waals surface area contributed by atoms with E-state index in [1.54, 1.807) is 70.2 Å². The number of phenolic OH excluding ortho intramolecular Hbond substituents is 4. The number of phenols is 4. The van der Waals surface area contributed by atoms with E-state index >= 15 is 0 Å². The highest BCUT2D eigenvalue weighted by molar-refractivity contribution is 5.91. The van der Waals surface area contributed by atoms with Crippen LogP contribution in [0, 0.1) is 5.41 Å². The Morgan fingerprint density at radius 2 is 1.19 bits per heavy atom. The molecule has 42 heavy (non-hydrogen) atoms. The third-order valence-electron chi connectivity index (χ3n) is 7.15. The Labute approximate surface area is 245 Å². The quantitative estimate of drug-likeness (QED) is 0.104. The predicted octanol–water partition coefficient (Wildman–Crippen LogP) is 7.49. The van der Waals surface area contributed by atoms with Crippen molar-refractivity contribution in [3.63, 3.8) is 0 Å². The Morgan fingerprint density at radius 3 is 1.62 bits per heavy atom. The van der Waals surface area contributed by atoms with Crippen molar-refractivity contribution >= 4 is 24.6 Å². The van der Waals surface area contributed by atoms with Crippen LogP contribution in [0.15, 0.2) is 60.7 Å². The molecule has 0 amide bonds. The van der Waals surface area contributed by atoms with Crippen LogP contribution in [0.2, 0.25) is 0 Å². The molecule has 0 unspecified atom stereocenters. The molecule has 0 saturated heterocycles. The van der Waals surface area contributed by atoms with Crippen LogP contribution in [0.4, 0.5) is 0 Å². The molecule has 0 saturated carbocycles. The first kappa shape index (κ1) is 31.8. The van der Waals surface area contributed by atoms with Crippen LogP contribution in [-0.2, 0) is 14.3 Å². The Bertz CT molecular complexity index is 1500. The summed E-state index contributed by atoms with van der Waals surface area (Å²) in [4.78, 5) is 22.1. The number of hydrogen-bond donors (Lipinski definition) is 5. The van der Waals surface area contributed by atoms with E-state index in [0.717, 1.165) is 0 Å². The zero-order chi connectivity index (χ0) is 31.1. The molecule has 0 radical (unpaired) electrons. The number of benzene rings is 3. The van der Waals surface area contributed by atoms with E-state index in [4.69, 9.17) is 4.74 Å². The van der Waals surface area contributed by atoms with Gasteiger partial charge in [-0.2, -0.15) is 0 Å². The molecule has 8 nitrogen and oxygen atoms in total. The maximum absolute atomic E-state index is 11.4. The van der Waals surface area contributed by atoms with Crippen molar-refractivity contribution in [3.8, 4) is 45.3 Å². The molecule has 5 N–H and O–H groups in total. The highest BCUT2D eigenvalue weighted by atomic mass is 16.5. The standard InChI is InChI=1S/C34H38O8/c1-33(2,32(40)41)15-9-7-11-22-17-24(36)19-28(30(22)38)26-13-5-6-14-27(26)29-20-25(37)18-23(31(29)39)12-8-10-16-34(3,4)42-21-35/h5-8,11-14,17-21,36-39H,9-10,15-16H2,1-4H3,(H,40,41)/b11-7+,12-8+. The third-order valence-corrected chi connectivity index (χ3v) is 7.15. The molecular weight excluding hydrogens is 536 g/mol. The number of allylic oxidation sites excluding steroid dienone is 2. The van der Waals surface area contributed by atoms with Gasteiger partial charge in [0.15, 0.2) is 0 Å². The number of carbonyl (C=O) groups is 2. The lowest BCUT2D eigenvalue weighted by atomic mass is 9.88. The van der Waals surface area contributed by atoms with Gasteiger partial charge in [-0.1, -0.05) is 48.6 Å². The first-order valence-electron chi connectivity index (χ1n) is 13.7. The second-order valence-corrected chi connectivity index (χ2v) is 11.5. The fourth-order valence-electron chi connectivity index (χ4n) is 4.49. The molecule has 0 spiro atoms. The fraction of sp³-hybridized carbons (Fsp3) is 0.294. The van der Waals surface area contributed by atoms with Crippen LogP contribution in [0.1, 0.15) is 64.5 Å². The molecule has 0 aromatic heterocycles. The smallest absolute Gasteiger partial charge is 0.309 e. The second-order valence-electron chi connectivity index (χ2n) is 11.5. The van der Waals surface area contributed by atoms with Crippen molar-refractivity contribution in [1.29, 1.82) is 0 Å². The molecule has 0 heterocycles. The number of rotatable bonds is 13. The summed E-state index contributed by atoms with van der Waals surface area (Å²) < 4.78 is 5.06. The lowest BCUT2D eigenvalue weighted by Gasteiger charge is -2.21. The van der Waals surface area contributed by atoms with Crippen molar-refractivity contribution in [1.82, 2.24) is 0 Å². The Kier molecular flexibility index (Phi) is 10.1. The summed E-state index contributed by atoms with van der Waals surface area (Å²) in [6.45, 7) is 7.31. The molecule has 222 valence electrons. The van der Waals surface area contributed by atoms with Gasteiger partial charge in [-0.3, -0.25) is 9.59 Å². The van der Waals surface area contributed by atoms with Gasteiger partial charge in [0.2, 0.25) is 0 Å². The van der Waals surface area contributed by atoms with Gasteiger partial charge in [0.25, 0.3) is 6.47 Å². The van der Waals surface area contributed by atoms with E-state index < -0.39 is 17.0 Å². The van der Waals surface area contributed by atoms with E-state index in [2.05, 4.69) is 0 Å². The highest BCUT2D eigenvalue weighted by Gasteiger charge is 2.25. The Morgan fingerprint density at radius 1 is 0.738 bits per heavy atom. The van der Waals surface area contributed by atoms with Gasteiger partial charge in [-0.25, -0.2) is 0 Å². The van der Waals surface area contributed by atoms with Crippen LogP contribution in [-0.4, -0.2) is 43.6 Å². The highest BCUT2D eigenvalue weighted by Crippen LogP contribution is 2.45. The average Bonchev–Trinajstić information content (AvgIpc) is 2.92. The fourth-order valence-corrected chi connectivity index (χ4v) is 4.49. The summed E-state index contributed by atoms with van der Waals surface area (Å²) in [7, 11) is 0. The lowest BCUT2D eigenvalue weighted by Crippen LogP contribution is -2.23. The summed E-state index contributed by atoms with van der Waals surface area (Å²) in [5, 5.41) is 52.8. The van der Waals surface area contributed by atoms with Gasteiger partial charge in [0, 0.05) is 22.3 Å². The number of hydrogen-bond acceptors (Lipinski definition) is 7. The van der Waals surface area contributed by atoms with Crippen molar-refractivity contribution < 1.29 is 39.9 Å². The molecule has 0 fully saturated rings. The topological polar surface area (TPSA) is 145 Å². The van der Waals surface area contributed by atoms with Gasteiger partial charge in [0.05, 0.1) is 5.41 Å². The van der Waals surface area contributed by atoms with Crippen molar-refractivity contribution in [2.45, 2.75) is 59.0 Å². The normalized spacial score (nSPS) is 12.2. The first-order chi connectivity index (χ1) is 19.8. The molecule has 0 bridgehead atoms. The van der Waals surface area contributed by atoms with E-state index in [1.165, 1.54) is 24.3 Å². The number of ether oxygens (including phenoxy) is 1. The zero-order valence-electron chi connectivity index (χ0n) is 24.3. The van der Waals surface area contributed by atoms with Crippen molar-refractivity contribution in [2.24, 2.45) is 5.41 Å². The average molecular weight is 575 g/mol. The van der Waals surface area contributed by atoms with Crippen LogP contribution >= 0.6 is 0 Å². The van der Waals surface area contributed by atoms with E-state index in [9.17, 15) is 35.1 Å². The Hall–Kier alpha value is -4.72. The summed E-state index contributed by atoms with van der Waals surface area (Å²) in [5.74, 6) is -1.24. The molecule has 0 aliphatic rings. The van der Waals surface area contributed by atoms with E-state index in [0.29, 0.717) is 65.5 Å². The van der Waals surface area contributed by atoms with Crippen molar-refractivity contribution in [2.75, 3.05) is 0 Å². The van der Waals surface area contributed by atoms with E-state index in [1.807, 2.05) is 6.08 Å². The maximum Gasteiger partial charge on any atom is 0.309 e. The third kappa shape index (κ3) is 7.94. The van der Waals surface area contributed by atoms with Crippen molar-refractivity contribution in [3.05, 3.63) is 71.8 Å². The lowest BCUT2D eigenvalue weighted by molar-refractivity contribution is -0.147. The van der Waals surface area contributed by atoms with Gasteiger partial charge in [-0.05, 0) is 88.8 Å². The SMILES string of the molecule is CC(C)(CC/C=C/c1cc(O)cc(-c2ccccc2-c2cc(O)cc(/C=C/CCC(C)(C)C(=O)O)c2O)c1O)OC=O. The largest absolute Gasteiger partial charge is 0.508 e. The molecule has 0 aliphatic carbocycles. The van der Waals surface area contributed by atoms with E-state index in [-0.39, 0.29) is 23.0 Å². The second kappa shape index (κ2) is 13.3. The molecule has 3 rings (SSSR count). The number of aliphatic carboxylic acids is 1. The van der Waals surface area contributed by atoms with Crippen LogP contribution in [0.5, 0.6) is 23.0 Å². The summed E-state index contributed by atoms with van der Waals surface area (Å²) in [6, 6.07) is 12.7. The molecule has 0 aliphatic heterocycles. The molecule has 8 heteroatoms. The van der Waals surface area contributed by atoms with Crippen LogP contribution < -0.4 is 0 Å². The predicted molar refractivity (Wildman–Crippen MR) is 163 cm³/mol. The van der Waals surface area contributed by atoms with Crippen LogP contribution in [0.3, 0.4) is 0 Å². The number of carboxylic acid groups (broad SMARTS) is 1. The summed E-state index contributed by atoms with van der Waals surface area (Å²) in [5.41, 5.74) is 0.854. The molecular formula is C34H38O8.